The number of ether oxygens (including phenoxy) is 1. The van der Waals surface area contributed by atoms with Crippen LogP contribution in [0.2, 0.25) is 0 Å². The lowest BCUT2D eigenvalue weighted by Crippen LogP contribution is -2.37. The molecule has 0 spiro atoms. The second-order valence-corrected chi connectivity index (χ2v) is 10.8. The van der Waals surface area contributed by atoms with Gasteiger partial charge in [-0.25, -0.2) is 15.1 Å². The van der Waals surface area contributed by atoms with Crippen molar-refractivity contribution in [2.75, 3.05) is 0 Å². The van der Waals surface area contributed by atoms with Crippen molar-refractivity contribution < 1.29 is 14.3 Å². The molecule has 3 aromatic carbocycles. The number of thioether (sulfide) groups is 1. The van der Waals surface area contributed by atoms with Crippen LogP contribution in [0.15, 0.2) is 94.4 Å². The van der Waals surface area contributed by atoms with E-state index in [-0.39, 0.29) is 17.6 Å². The molecule has 38 heavy (non-hydrogen) atoms. The van der Waals surface area contributed by atoms with E-state index in [1.165, 1.54) is 18.7 Å². The zero-order chi connectivity index (χ0) is 26.2. The van der Waals surface area contributed by atoms with Crippen molar-refractivity contribution in [1.29, 1.82) is 0 Å². The van der Waals surface area contributed by atoms with Gasteiger partial charge in [-0.3, -0.25) is 14.9 Å². The van der Waals surface area contributed by atoms with Crippen molar-refractivity contribution >= 4 is 45.6 Å². The Hall–Kier alpha value is -3.70. The summed E-state index contributed by atoms with van der Waals surface area (Å²) in [6.45, 7) is 1.36. The number of hydrazine groups is 1. The summed E-state index contributed by atoms with van der Waals surface area (Å²) in [5, 5.41) is 9.84. The summed E-state index contributed by atoms with van der Waals surface area (Å²) >= 11 is 4.92. The number of benzene rings is 3. The molecule has 1 aromatic heterocycles. The van der Waals surface area contributed by atoms with Gasteiger partial charge in [0.1, 0.15) is 11.9 Å². The molecule has 2 fully saturated rings. The summed E-state index contributed by atoms with van der Waals surface area (Å²) in [4.78, 5) is 25.5. The molecule has 3 heterocycles. The Kier molecular flexibility index (Phi) is 6.62. The highest BCUT2D eigenvalue weighted by Crippen LogP contribution is 2.40. The number of para-hydroxylation sites is 2. The Morgan fingerprint density at radius 1 is 1.05 bits per heavy atom. The average molecular weight is 588 g/mol. The van der Waals surface area contributed by atoms with E-state index in [0.29, 0.717) is 10.7 Å². The van der Waals surface area contributed by atoms with E-state index in [0.717, 1.165) is 32.5 Å². The minimum atomic E-state index is -0.399. The molecular weight excluding hydrogens is 566 g/mol. The zero-order valence-corrected chi connectivity index (χ0v) is 22.6. The van der Waals surface area contributed by atoms with Crippen LogP contribution >= 0.6 is 27.7 Å². The number of amides is 1. The van der Waals surface area contributed by atoms with Gasteiger partial charge >= 0.3 is 5.97 Å². The number of hydrogen-bond donors (Lipinski definition) is 2. The monoisotopic (exact) mass is 587 g/mol. The van der Waals surface area contributed by atoms with Crippen molar-refractivity contribution in [3.8, 4) is 22.7 Å². The van der Waals surface area contributed by atoms with Gasteiger partial charge in [0.15, 0.2) is 5.50 Å². The quantitative estimate of drug-likeness (QED) is 0.188. The lowest BCUT2D eigenvalue weighted by molar-refractivity contribution is -0.132. The van der Waals surface area contributed by atoms with Crippen LogP contribution in [0.1, 0.15) is 24.2 Å². The smallest absolute Gasteiger partial charge is 0.308 e. The number of fused-ring (bicyclic) bond motifs is 1. The first kappa shape index (κ1) is 24.6. The minimum Gasteiger partial charge on any atom is -0.426 e. The minimum absolute atomic E-state index is 0.144. The Morgan fingerprint density at radius 2 is 1.79 bits per heavy atom. The fraction of sp³-hybridized carbons (Fsp3) is 0.107. The Labute approximate surface area is 231 Å². The largest absolute Gasteiger partial charge is 0.426 e. The molecule has 2 N–H and O–H groups in total. The standard InChI is InChI=1S/C28H22BrN5O3S/c1-17(35)37-23-10-6-5-9-22(23)26-30-28-34(32-26)27(36)24(38-28)15-19-16-33(21-7-3-2-4-8-21)31-25(19)18-11-13-20(29)14-12-18/h2-16,26,28,30,32H,1H3/b24-15-. The molecule has 2 saturated heterocycles. The fourth-order valence-electron chi connectivity index (χ4n) is 4.40. The summed E-state index contributed by atoms with van der Waals surface area (Å²) in [7, 11) is 0. The van der Waals surface area contributed by atoms with Crippen LogP contribution < -0.4 is 15.5 Å². The molecule has 10 heteroatoms. The van der Waals surface area contributed by atoms with Crippen LogP contribution in [0.4, 0.5) is 0 Å². The topological polar surface area (TPSA) is 88.5 Å². The number of esters is 1. The molecule has 4 aromatic rings. The van der Waals surface area contributed by atoms with Crippen LogP contribution in [-0.4, -0.2) is 32.2 Å². The summed E-state index contributed by atoms with van der Waals surface area (Å²) in [6, 6.07) is 25.1. The van der Waals surface area contributed by atoms with Crippen molar-refractivity contribution in [2.45, 2.75) is 18.6 Å². The highest BCUT2D eigenvalue weighted by Gasteiger charge is 2.44. The third kappa shape index (κ3) is 4.79. The van der Waals surface area contributed by atoms with E-state index in [1.807, 2.05) is 83.7 Å². The zero-order valence-electron chi connectivity index (χ0n) is 20.2. The van der Waals surface area contributed by atoms with Gasteiger partial charge in [-0.2, -0.15) is 5.10 Å². The van der Waals surface area contributed by atoms with E-state index < -0.39 is 5.97 Å². The maximum atomic E-state index is 13.4. The Balaban J connectivity index is 1.29. The highest BCUT2D eigenvalue weighted by molar-refractivity contribution is 9.10. The van der Waals surface area contributed by atoms with E-state index in [2.05, 4.69) is 26.7 Å². The predicted molar refractivity (Wildman–Crippen MR) is 150 cm³/mol. The first-order valence-electron chi connectivity index (χ1n) is 11.9. The SMILES string of the molecule is CC(=O)Oc1ccccc1C1NC2S/C(=C\c3cn(-c4ccccc4)nc3-c3ccc(Br)cc3)C(=O)N2N1. The molecule has 190 valence electrons. The number of rotatable bonds is 5. The van der Waals surface area contributed by atoms with Gasteiger partial charge in [-0.1, -0.05) is 76.2 Å². The summed E-state index contributed by atoms with van der Waals surface area (Å²) in [5.41, 5.74) is 7.15. The molecule has 1 amide bonds. The Morgan fingerprint density at radius 3 is 2.53 bits per heavy atom. The summed E-state index contributed by atoms with van der Waals surface area (Å²) < 4.78 is 8.16. The normalized spacial score (nSPS) is 19.7. The van der Waals surface area contributed by atoms with Crippen molar-refractivity contribution in [3.63, 3.8) is 0 Å². The lowest BCUT2D eigenvalue weighted by Gasteiger charge is -2.16. The molecule has 2 unspecified atom stereocenters. The van der Waals surface area contributed by atoms with Gasteiger partial charge in [-0.15, -0.1) is 0 Å². The second kappa shape index (κ2) is 10.2. The van der Waals surface area contributed by atoms with Crippen LogP contribution in [0, 0.1) is 0 Å². The first-order chi connectivity index (χ1) is 18.5. The number of hydrogen-bond acceptors (Lipinski definition) is 7. The molecule has 2 atom stereocenters. The molecule has 2 aliphatic rings. The number of carbonyl (C=O) groups is 2. The molecule has 0 radical (unpaired) electrons. The molecule has 0 saturated carbocycles. The maximum Gasteiger partial charge on any atom is 0.308 e. The number of halogens is 1. The van der Waals surface area contributed by atoms with Gasteiger partial charge in [0.25, 0.3) is 5.91 Å². The second-order valence-electron chi connectivity index (χ2n) is 8.73. The van der Waals surface area contributed by atoms with Gasteiger partial charge in [0.2, 0.25) is 0 Å². The number of nitrogens with one attached hydrogen (secondary N) is 2. The van der Waals surface area contributed by atoms with Crippen molar-refractivity contribution in [1.82, 2.24) is 25.5 Å². The van der Waals surface area contributed by atoms with E-state index >= 15 is 0 Å². The third-order valence-electron chi connectivity index (χ3n) is 6.13. The predicted octanol–water partition coefficient (Wildman–Crippen LogP) is 5.23. The van der Waals surface area contributed by atoms with Gasteiger partial charge in [0.05, 0.1) is 16.3 Å². The highest BCUT2D eigenvalue weighted by atomic mass is 79.9. The number of nitrogens with zero attached hydrogens (tertiary/aromatic N) is 3. The molecular formula is C28H22BrN5O3S. The maximum absolute atomic E-state index is 13.4. The van der Waals surface area contributed by atoms with Gasteiger partial charge < -0.3 is 4.74 Å². The number of carbonyl (C=O) groups excluding carboxylic acids is 2. The lowest BCUT2D eigenvalue weighted by atomic mass is 10.1. The van der Waals surface area contributed by atoms with Crippen LogP contribution in [0.5, 0.6) is 5.75 Å². The Bertz CT molecular complexity index is 1550. The molecule has 0 aliphatic carbocycles. The van der Waals surface area contributed by atoms with E-state index in [1.54, 1.807) is 17.1 Å². The van der Waals surface area contributed by atoms with Crippen molar-refractivity contribution in [3.05, 3.63) is 106 Å². The van der Waals surface area contributed by atoms with E-state index in [9.17, 15) is 9.59 Å². The first-order valence-corrected chi connectivity index (χ1v) is 13.6. The molecule has 0 bridgehead atoms. The molecule has 6 rings (SSSR count). The van der Waals surface area contributed by atoms with Gasteiger partial charge in [-0.05, 0) is 36.4 Å². The van der Waals surface area contributed by atoms with Crippen molar-refractivity contribution in [2.24, 2.45) is 0 Å². The number of aromatic nitrogens is 2. The average Bonchev–Trinajstić information content (AvgIpc) is 3.60. The third-order valence-corrected chi connectivity index (χ3v) is 7.78. The molecule has 8 nitrogen and oxygen atoms in total. The van der Waals surface area contributed by atoms with Gasteiger partial charge in [0, 0.05) is 34.3 Å². The van der Waals surface area contributed by atoms with Crippen LogP contribution in [-0.2, 0) is 9.59 Å². The summed E-state index contributed by atoms with van der Waals surface area (Å²) in [5.74, 6) is -0.0923. The van der Waals surface area contributed by atoms with E-state index in [4.69, 9.17) is 9.84 Å². The fourth-order valence-corrected chi connectivity index (χ4v) is 5.77. The van der Waals surface area contributed by atoms with Crippen LogP contribution in [0.3, 0.4) is 0 Å². The molecule has 2 aliphatic heterocycles. The summed E-state index contributed by atoms with van der Waals surface area (Å²) in [6.07, 6.45) is 3.45. The van der Waals surface area contributed by atoms with Crippen LogP contribution in [0.25, 0.3) is 23.0 Å².